The zero-order chi connectivity index (χ0) is 8.77. The predicted octanol–water partition coefficient (Wildman–Crippen LogP) is 2.08. The standard InChI is InChI=1S/C10H19NS/c1-10(2,3)11-4-8-6-12-7-9(8)5-11/h8-9H,4-7H2,1-3H3. The predicted molar refractivity (Wildman–Crippen MR) is 55.6 cm³/mol. The molecule has 0 N–H and O–H groups in total. The summed E-state index contributed by atoms with van der Waals surface area (Å²) >= 11 is 2.15. The molecule has 0 aromatic heterocycles. The minimum Gasteiger partial charge on any atom is -0.298 e. The fourth-order valence-corrected chi connectivity index (χ4v) is 3.73. The van der Waals surface area contributed by atoms with Gasteiger partial charge in [-0.3, -0.25) is 4.90 Å². The molecule has 2 fully saturated rings. The van der Waals surface area contributed by atoms with E-state index < -0.39 is 0 Å². The van der Waals surface area contributed by atoms with Gasteiger partial charge in [-0.15, -0.1) is 0 Å². The van der Waals surface area contributed by atoms with E-state index in [4.69, 9.17) is 0 Å². The molecular formula is C10H19NS. The summed E-state index contributed by atoms with van der Waals surface area (Å²) < 4.78 is 0. The van der Waals surface area contributed by atoms with Gasteiger partial charge in [-0.05, 0) is 44.1 Å². The lowest BCUT2D eigenvalue weighted by Gasteiger charge is -2.32. The van der Waals surface area contributed by atoms with Gasteiger partial charge in [0.25, 0.3) is 0 Å². The highest BCUT2D eigenvalue weighted by Gasteiger charge is 2.40. The number of hydrogen-bond donors (Lipinski definition) is 0. The first-order valence-corrected chi connectivity index (χ1v) is 6.05. The van der Waals surface area contributed by atoms with Crippen molar-refractivity contribution in [3.63, 3.8) is 0 Å². The molecule has 2 heterocycles. The maximum atomic E-state index is 2.65. The van der Waals surface area contributed by atoms with Gasteiger partial charge in [0.05, 0.1) is 0 Å². The first-order chi connectivity index (χ1) is 5.57. The largest absolute Gasteiger partial charge is 0.298 e. The minimum absolute atomic E-state index is 0.398. The molecule has 12 heavy (non-hydrogen) atoms. The first-order valence-electron chi connectivity index (χ1n) is 4.90. The average molecular weight is 185 g/mol. The van der Waals surface area contributed by atoms with Gasteiger partial charge in [0.15, 0.2) is 0 Å². The number of thioether (sulfide) groups is 1. The molecule has 2 heteroatoms. The van der Waals surface area contributed by atoms with E-state index in [-0.39, 0.29) is 0 Å². The van der Waals surface area contributed by atoms with Gasteiger partial charge in [0, 0.05) is 18.6 Å². The van der Waals surface area contributed by atoms with Crippen LogP contribution in [-0.4, -0.2) is 35.0 Å². The minimum atomic E-state index is 0.398. The van der Waals surface area contributed by atoms with Crippen molar-refractivity contribution in [1.82, 2.24) is 4.90 Å². The monoisotopic (exact) mass is 185 g/mol. The van der Waals surface area contributed by atoms with Crippen LogP contribution in [0.3, 0.4) is 0 Å². The van der Waals surface area contributed by atoms with Crippen LogP contribution in [0.1, 0.15) is 20.8 Å². The summed E-state index contributed by atoms with van der Waals surface area (Å²) in [6.07, 6.45) is 0. The fourth-order valence-electron chi connectivity index (χ4n) is 2.23. The summed E-state index contributed by atoms with van der Waals surface area (Å²) in [4.78, 5) is 2.65. The van der Waals surface area contributed by atoms with E-state index in [0.29, 0.717) is 5.54 Å². The lowest BCUT2D eigenvalue weighted by Crippen LogP contribution is -2.40. The number of nitrogens with zero attached hydrogens (tertiary/aromatic N) is 1. The van der Waals surface area contributed by atoms with Crippen LogP contribution >= 0.6 is 11.8 Å². The SMILES string of the molecule is CC(C)(C)N1CC2CSCC2C1. The highest BCUT2D eigenvalue weighted by atomic mass is 32.2. The number of likely N-dealkylation sites (tertiary alicyclic amines) is 1. The van der Waals surface area contributed by atoms with Crippen molar-refractivity contribution in [3.8, 4) is 0 Å². The van der Waals surface area contributed by atoms with Crippen LogP contribution in [0.2, 0.25) is 0 Å². The van der Waals surface area contributed by atoms with Crippen molar-refractivity contribution in [2.75, 3.05) is 24.6 Å². The lowest BCUT2D eigenvalue weighted by atomic mass is 10.0. The molecule has 0 aromatic carbocycles. The Balaban J connectivity index is 1.99. The van der Waals surface area contributed by atoms with Gasteiger partial charge in [0.1, 0.15) is 0 Å². The highest BCUT2D eigenvalue weighted by Crippen LogP contribution is 2.38. The molecule has 2 aliphatic rings. The molecule has 0 amide bonds. The molecule has 2 aliphatic heterocycles. The third-order valence-electron chi connectivity index (χ3n) is 3.19. The van der Waals surface area contributed by atoms with Gasteiger partial charge in [-0.25, -0.2) is 0 Å². The second-order valence-corrected chi connectivity index (χ2v) is 6.21. The van der Waals surface area contributed by atoms with Gasteiger partial charge >= 0.3 is 0 Å². The van der Waals surface area contributed by atoms with Crippen LogP contribution in [-0.2, 0) is 0 Å². The van der Waals surface area contributed by atoms with E-state index in [0.717, 1.165) is 11.8 Å². The summed E-state index contributed by atoms with van der Waals surface area (Å²) in [5, 5.41) is 0. The summed E-state index contributed by atoms with van der Waals surface area (Å²) in [7, 11) is 0. The molecule has 0 spiro atoms. The van der Waals surface area contributed by atoms with Crippen LogP contribution in [0.25, 0.3) is 0 Å². The van der Waals surface area contributed by atoms with Crippen molar-refractivity contribution in [3.05, 3.63) is 0 Å². The molecule has 70 valence electrons. The van der Waals surface area contributed by atoms with Crippen LogP contribution in [0.5, 0.6) is 0 Å². The Morgan fingerprint density at radius 2 is 1.58 bits per heavy atom. The zero-order valence-electron chi connectivity index (χ0n) is 8.34. The summed E-state index contributed by atoms with van der Waals surface area (Å²) in [6.45, 7) is 9.70. The second-order valence-electron chi connectivity index (χ2n) is 5.13. The molecule has 0 radical (unpaired) electrons. The van der Waals surface area contributed by atoms with E-state index >= 15 is 0 Å². The molecule has 0 saturated carbocycles. The maximum Gasteiger partial charge on any atom is 0.0125 e. The third-order valence-corrected chi connectivity index (χ3v) is 4.52. The van der Waals surface area contributed by atoms with E-state index in [9.17, 15) is 0 Å². The molecule has 2 rings (SSSR count). The smallest absolute Gasteiger partial charge is 0.0125 e. The van der Waals surface area contributed by atoms with Gasteiger partial charge in [0.2, 0.25) is 0 Å². The first kappa shape index (κ1) is 8.89. The molecule has 0 aliphatic carbocycles. The zero-order valence-corrected chi connectivity index (χ0v) is 9.16. The van der Waals surface area contributed by atoms with Crippen LogP contribution < -0.4 is 0 Å². The van der Waals surface area contributed by atoms with Crippen molar-refractivity contribution < 1.29 is 0 Å². The maximum absolute atomic E-state index is 2.65. The topological polar surface area (TPSA) is 3.24 Å². The Bertz CT molecular complexity index is 161. The summed E-state index contributed by atoms with van der Waals surface area (Å²) in [5.41, 5.74) is 0.398. The molecular weight excluding hydrogens is 166 g/mol. The molecule has 2 unspecified atom stereocenters. The van der Waals surface area contributed by atoms with Crippen molar-refractivity contribution in [2.45, 2.75) is 26.3 Å². The normalized spacial score (nSPS) is 37.2. The van der Waals surface area contributed by atoms with Crippen molar-refractivity contribution >= 4 is 11.8 Å². The average Bonchev–Trinajstić information content (AvgIpc) is 2.37. The van der Waals surface area contributed by atoms with Crippen LogP contribution in [0.15, 0.2) is 0 Å². The van der Waals surface area contributed by atoms with E-state index in [1.807, 2.05) is 0 Å². The Kier molecular flexibility index (Phi) is 2.16. The van der Waals surface area contributed by atoms with Crippen LogP contribution in [0.4, 0.5) is 0 Å². The van der Waals surface area contributed by atoms with E-state index in [1.54, 1.807) is 0 Å². The fraction of sp³-hybridized carbons (Fsp3) is 1.00. The van der Waals surface area contributed by atoms with Gasteiger partial charge in [-0.2, -0.15) is 11.8 Å². The Morgan fingerprint density at radius 3 is 2.00 bits per heavy atom. The Hall–Kier alpha value is 0.310. The summed E-state index contributed by atoms with van der Waals surface area (Å²) in [6, 6.07) is 0. The molecule has 1 nitrogen and oxygen atoms in total. The van der Waals surface area contributed by atoms with Gasteiger partial charge < -0.3 is 0 Å². The molecule has 0 bridgehead atoms. The number of hydrogen-bond acceptors (Lipinski definition) is 2. The number of rotatable bonds is 0. The molecule has 0 aromatic rings. The van der Waals surface area contributed by atoms with Gasteiger partial charge in [-0.1, -0.05) is 0 Å². The lowest BCUT2D eigenvalue weighted by molar-refractivity contribution is 0.166. The third kappa shape index (κ3) is 1.51. The molecule has 2 atom stereocenters. The second kappa shape index (κ2) is 2.91. The van der Waals surface area contributed by atoms with Crippen molar-refractivity contribution in [1.29, 1.82) is 0 Å². The number of fused-ring (bicyclic) bond motifs is 1. The van der Waals surface area contributed by atoms with Crippen molar-refractivity contribution in [2.24, 2.45) is 11.8 Å². The summed E-state index contributed by atoms with van der Waals surface area (Å²) in [5.74, 6) is 4.84. The van der Waals surface area contributed by atoms with E-state index in [1.165, 1.54) is 24.6 Å². The quantitative estimate of drug-likeness (QED) is 0.568. The Labute approximate surface area is 79.9 Å². The van der Waals surface area contributed by atoms with E-state index in [2.05, 4.69) is 37.4 Å². The Morgan fingerprint density at radius 1 is 1.08 bits per heavy atom. The highest BCUT2D eigenvalue weighted by molar-refractivity contribution is 7.99. The van der Waals surface area contributed by atoms with Crippen LogP contribution in [0, 0.1) is 11.8 Å². The molecule has 2 saturated heterocycles.